The van der Waals surface area contributed by atoms with Crippen LogP contribution in [0.4, 0.5) is 11.4 Å². The molecular weight excluding hydrogens is 398 g/mol. The van der Waals surface area contributed by atoms with Gasteiger partial charge in [0.15, 0.2) is 5.78 Å². The summed E-state index contributed by atoms with van der Waals surface area (Å²) in [7, 11) is 0. The molecule has 6 nitrogen and oxygen atoms in total. The first-order valence-electron chi connectivity index (χ1n) is 11.7. The van der Waals surface area contributed by atoms with E-state index in [1.807, 2.05) is 24.4 Å². The second kappa shape index (κ2) is 8.87. The van der Waals surface area contributed by atoms with Crippen LogP contribution < -0.4 is 15.5 Å². The van der Waals surface area contributed by atoms with E-state index < -0.39 is 0 Å². The number of nitrogens with zero attached hydrogens (tertiary/aromatic N) is 4. The number of anilines is 2. The van der Waals surface area contributed by atoms with Crippen molar-refractivity contribution in [3.05, 3.63) is 60.0 Å². The monoisotopic (exact) mass is 429 g/mol. The van der Waals surface area contributed by atoms with Crippen molar-refractivity contribution in [2.75, 3.05) is 36.0 Å². The fraction of sp³-hybridized carbons (Fsp3) is 0.423. The summed E-state index contributed by atoms with van der Waals surface area (Å²) >= 11 is 0. The fourth-order valence-electron chi connectivity index (χ4n) is 5.16. The van der Waals surface area contributed by atoms with Gasteiger partial charge in [-0.3, -0.25) is 9.78 Å². The Labute approximate surface area is 189 Å². The molecule has 2 aliphatic heterocycles. The molecule has 166 valence electrons. The zero-order valence-corrected chi connectivity index (χ0v) is 18.7. The van der Waals surface area contributed by atoms with Gasteiger partial charge in [-0.2, -0.15) is 0 Å². The third-order valence-electron chi connectivity index (χ3n) is 6.69. The number of Topliss-reactive ketones (excluding diaryl/α,β-unsaturated/α-hetero) is 1. The van der Waals surface area contributed by atoms with Crippen LogP contribution in [0, 0.1) is 5.92 Å². The maximum Gasteiger partial charge on any atom is 0.185 e. The highest BCUT2D eigenvalue weighted by atomic mass is 16.1. The molecule has 2 aromatic heterocycles. The van der Waals surface area contributed by atoms with E-state index >= 15 is 0 Å². The number of fused-ring (bicyclic) bond motifs is 1. The van der Waals surface area contributed by atoms with Crippen LogP contribution >= 0.6 is 0 Å². The van der Waals surface area contributed by atoms with E-state index in [1.165, 1.54) is 18.5 Å². The highest BCUT2D eigenvalue weighted by Crippen LogP contribution is 2.27. The molecule has 2 saturated heterocycles. The minimum Gasteiger partial charge on any atom is -0.371 e. The molecule has 0 unspecified atom stereocenters. The van der Waals surface area contributed by atoms with Gasteiger partial charge in [0, 0.05) is 73.4 Å². The number of benzene rings is 1. The summed E-state index contributed by atoms with van der Waals surface area (Å²) in [4.78, 5) is 26.9. The lowest BCUT2D eigenvalue weighted by molar-refractivity contribution is 0.0988. The molecule has 0 aliphatic carbocycles. The second-order valence-corrected chi connectivity index (χ2v) is 9.38. The van der Waals surface area contributed by atoms with Crippen molar-refractivity contribution in [1.82, 2.24) is 9.97 Å². The summed E-state index contributed by atoms with van der Waals surface area (Å²) in [6.07, 6.45) is 7.40. The minimum atomic E-state index is 0.0158. The van der Waals surface area contributed by atoms with Crippen LogP contribution in [0.5, 0.6) is 0 Å². The molecule has 5 rings (SSSR count). The van der Waals surface area contributed by atoms with Gasteiger partial charge in [-0.1, -0.05) is 19.1 Å². The quantitative estimate of drug-likeness (QED) is 0.622. The van der Waals surface area contributed by atoms with E-state index in [4.69, 9.17) is 10.7 Å². The van der Waals surface area contributed by atoms with Crippen LogP contribution in [0.2, 0.25) is 0 Å². The van der Waals surface area contributed by atoms with Gasteiger partial charge in [0.05, 0.1) is 5.52 Å². The summed E-state index contributed by atoms with van der Waals surface area (Å²) in [5, 5.41) is 1.06. The van der Waals surface area contributed by atoms with Gasteiger partial charge in [-0.25, -0.2) is 4.98 Å². The van der Waals surface area contributed by atoms with Crippen LogP contribution in [0.25, 0.3) is 10.9 Å². The Morgan fingerprint density at radius 2 is 1.91 bits per heavy atom. The molecule has 0 amide bonds. The Morgan fingerprint density at radius 1 is 1.09 bits per heavy atom. The SMILES string of the molecule is C[C@@H]1C[C@H](N)CN(c2ccncc2CC(=O)c2ccc3ccc(N4CCCC4)cc3n2)C1. The number of pyridine rings is 2. The molecule has 6 heteroatoms. The number of rotatable bonds is 5. The summed E-state index contributed by atoms with van der Waals surface area (Å²) < 4.78 is 0. The van der Waals surface area contributed by atoms with E-state index in [0.29, 0.717) is 11.6 Å². The number of carbonyl (C=O) groups is 1. The molecule has 4 heterocycles. The summed E-state index contributed by atoms with van der Waals surface area (Å²) in [6.45, 7) is 6.17. The molecule has 32 heavy (non-hydrogen) atoms. The van der Waals surface area contributed by atoms with E-state index in [2.05, 4.69) is 39.9 Å². The number of hydrogen-bond acceptors (Lipinski definition) is 6. The van der Waals surface area contributed by atoms with E-state index in [1.54, 1.807) is 6.20 Å². The Kier molecular flexibility index (Phi) is 5.79. The first-order valence-corrected chi connectivity index (χ1v) is 11.7. The lowest BCUT2D eigenvalue weighted by Crippen LogP contribution is -2.46. The third kappa shape index (κ3) is 4.32. The third-order valence-corrected chi connectivity index (χ3v) is 6.69. The molecule has 3 aromatic rings. The summed E-state index contributed by atoms with van der Waals surface area (Å²) in [5.41, 5.74) is 10.8. The van der Waals surface area contributed by atoms with Gasteiger partial charge in [0.1, 0.15) is 5.69 Å². The lowest BCUT2D eigenvalue weighted by Gasteiger charge is -2.37. The zero-order valence-electron chi connectivity index (χ0n) is 18.7. The maximum absolute atomic E-state index is 13.2. The topological polar surface area (TPSA) is 75.3 Å². The number of ketones is 1. The molecule has 1 aromatic carbocycles. The smallest absolute Gasteiger partial charge is 0.185 e. The van der Waals surface area contributed by atoms with Gasteiger partial charge in [0.25, 0.3) is 0 Å². The Hall–Kier alpha value is -2.99. The van der Waals surface area contributed by atoms with Crippen LogP contribution in [0.1, 0.15) is 42.2 Å². The van der Waals surface area contributed by atoms with Crippen molar-refractivity contribution in [3.8, 4) is 0 Å². The molecule has 2 aliphatic rings. The first-order chi connectivity index (χ1) is 15.6. The van der Waals surface area contributed by atoms with Crippen LogP contribution in [0.15, 0.2) is 48.8 Å². The van der Waals surface area contributed by atoms with Gasteiger partial charge >= 0.3 is 0 Å². The minimum absolute atomic E-state index is 0.0158. The molecule has 0 spiro atoms. The van der Waals surface area contributed by atoms with Crippen molar-refractivity contribution >= 4 is 28.1 Å². The molecule has 2 N–H and O–H groups in total. The largest absolute Gasteiger partial charge is 0.371 e. The molecular formula is C26H31N5O. The number of carbonyl (C=O) groups excluding carboxylic acids is 1. The Morgan fingerprint density at radius 3 is 2.72 bits per heavy atom. The molecule has 2 atom stereocenters. The number of piperidine rings is 1. The molecule has 0 bridgehead atoms. The number of hydrogen-bond donors (Lipinski definition) is 1. The van der Waals surface area contributed by atoms with Gasteiger partial charge in [-0.05, 0) is 49.4 Å². The summed E-state index contributed by atoms with van der Waals surface area (Å²) in [6, 6.07) is 12.4. The van der Waals surface area contributed by atoms with Crippen molar-refractivity contribution in [3.63, 3.8) is 0 Å². The van der Waals surface area contributed by atoms with Crippen molar-refractivity contribution < 1.29 is 4.79 Å². The molecule has 0 radical (unpaired) electrons. The summed E-state index contributed by atoms with van der Waals surface area (Å²) in [5.74, 6) is 0.546. The zero-order chi connectivity index (χ0) is 22.1. The van der Waals surface area contributed by atoms with E-state index in [0.717, 1.165) is 54.8 Å². The average Bonchev–Trinajstić information content (AvgIpc) is 3.33. The Bertz CT molecular complexity index is 1110. The van der Waals surface area contributed by atoms with Crippen LogP contribution in [0.3, 0.4) is 0 Å². The number of nitrogens with two attached hydrogens (primary N) is 1. The average molecular weight is 430 g/mol. The highest BCUT2D eigenvalue weighted by Gasteiger charge is 2.24. The molecule has 0 saturated carbocycles. The van der Waals surface area contributed by atoms with Gasteiger partial charge in [-0.15, -0.1) is 0 Å². The van der Waals surface area contributed by atoms with Gasteiger partial charge in [0.2, 0.25) is 0 Å². The van der Waals surface area contributed by atoms with E-state index in [9.17, 15) is 4.79 Å². The fourth-order valence-corrected chi connectivity index (χ4v) is 5.16. The van der Waals surface area contributed by atoms with Crippen molar-refractivity contribution in [1.29, 1.82) is 0 Å². The Balaban J connectivity index is 1.39. The van der Waals surface area contributed by atoms with Crippen molar-refractivity contribution in [2.24, 2.45) is 11.7 Å². The molecule has 2 fully saturated rings. The standard InChI is InChI=1S/C26H31N5O/c1-18-12-21(27)17-31(16-18)25-8-9-28-15-20(25)13-26(32)23-7-5-19-4-6-22(14-24(19)29-23)30-10-2-3-11-30/h4-9,14-15,18,21H,2-3,10-13,16-17,27H2,1H3/t18-,21+/m1/s1. The van der Waals surface area contributed by atoms with Crippen LogP contribution in [-0.4, -0.2) is 48.0 Å². The second-order valence-electron chi connectivity index (χ2n) is 9.38. The predicted molar refractivity (Wildman–Crippen MR) is 129 cm³/mol. The maximum atomic E-state index is 13.2. The normalized spacial score (nSPS) is 21.3. The van der Waals surface area contributed by atoms with Crippen molar-refractivity contribution in [2.45, 2.75) is 38.6 Å². The van der Waals surface area contributed by atoms with E-state index in [-0.39, 0.29) is 18.2 Å². The van der Waals surface area contributed by atoms with Gasteiger partial charge < -0.3 is 15.5 Å². The number of aromatic nitrogens is 2. The lowest BCUT2D eigenvalue weighted by atomic mass is 9.95. The first kappa shape index (κ1) is 20.9. The van der Waals surface area contributed by atoms with Crippen LogP contribution in [-0.2, 0) is 6.42 Å². The predicted octanol–water partition coefficient (Wildman–Crippen LogP) is 3.83. The highest BCUT2D eigenvalue weighted by molar-refractivity contribution is 5.98.